The Morgan fingerprint density at radius 3 is 2.33 bits per heavy atom. The van der Waals surface area contributed by atoms with E-state index in [1.165, 1.54) is 27.4 Å². The second-order valence-corrected chi connectivity index (χ2v) is 10.4. The van der Waals surface area contributed by atoms with Gasteiger partial charge in [-0.15, -0.1) is 0 Å². The minimum absolute atomic E-state index is 0.0342. The standard InChI is InChI=1S/C22H29ClN2O7S/c1-2-31-21(27)16-8-12-24(13-9-16)20(26)15-32-22(28)18-14-17(6-7-19(18)23)33(29,30)25-10-4-3-5-11-25/h6-7,14,16H,2-5,8-13,15H2,1H3. The van der Waals surface area contributed by atoms with Crippen molar-refractivity contribution in [2.45, 2.75) is 43.9 Å². The quantitative estimate of drug-likeness (QED) is 0.529. The average molecular weight is 501 g/mol. The molecule has 2 aliphatic heterocycles. The first-order chi connectivity index (χ1) is 15.7. The molecule has 0 saturated carbocycles. The third-order valence-corrected chi connectivity index (χ3v) is 8.13. The number of benzene rings is 1. The molecule has 11 heteroatoms. The molecule has 0 unspecified atom stereocenters. The van der Waals surface area contributed by atoms with Gasteiger partial charge in [-0.1, -0.05) is 18.0 Å². The number of likely N-dealkylation sites (tertiary alicyclic amines) is 1. The first kappa shape index (κ1) is 25.5. The van der Waals surface area contributed by atoms with Gasteiger partial charge in [0.2, 0.25) is 10.0 Å². The maximum atomic E-state index is 12.9. The van der Waals surface area contributed by atoms with Crippen LogP contribution in [0.25, 0.3) is 0 Å². The highest BCUT2D eigenvalue weighted by Crippen LogP contribution is 2.26. The van der Waals surface area contributed by atoms with E-state index in [9.17, 15) is 22.8 Å². The number of esters is 2. The summed E-state index contributed by atoms with van der Waals surface area (Å²) in [6.07, 6.45) is 3.54. The molecule has 9 nitrogen and oxygen atoms in total. The summed E-state index contributed by atoms with van der Waals surface area (Å²) in [4.78, 5) is 38.3. The van der Waals surface area contributed by atoms with E-state index in [0.29, 0.717) is 45.6 Å². The summed E-state index contributed by atoms with van der Waals surface area (Å²) in [7, 11) is -3.75. The van der Waals surface area contributed by atoms with Crippen LogP contribution in [-0.4, -0.2) is 74.9 Å². The van der Waals surface area contributed by atoms with E-state index < -0.39 is 22.6 Å². The molecule has 0 radical (unpaired) electrons. The van der Waals surface area contributed by atoms with Gasteiger partial charge in [-0.3, -0.25) is 9.59 Å². The fraction of sp³-hybridized carbons (Fsp3) is 0.591. The Bertz CT molecular complexity index is 984. The van der Waals surface area contributed by atoms with Gasteiger partial charge in [-0.05, 0) is 50.8 Å². The molecule has 3 rings (SSSR count). The maximum Gasteiger partial charge on any atom is 0.340 e. The molecule has 0 aromatic heterocycles. The van der Waals surface area contributed by atoms with Crippen LogP contribution in [0, 0.1) is 5.92 Å². The predicted octanol–water partition coefficient (Wildman–Crippen LogP) is 2.47. The van der Waals surface area contributed by atoms with Gasteiger partial charge in [0, 0.05) is 26.2 Å². The third kappa shape index (κ3) is 6.24. The lowest BCUT2D eigenvalue weighted by molar-refractivity contribution is -0.151. The Hall–Kier alpha value is -2.17. The van der Waals surface area contributed by atoms with E-state index in [0.717, 1.165) is 19.3 Å². The number of rotatable bonds is 7. The van der Waals surface area contributed by atoms with Crippen molar-refractivity contribution in [2.24, 2.45) is 5.92 Å². The molecule has 1 amide bonds. The number of carbonyl (C=O) groups excluding carboxylic acids is 3. The molecule has 0 spiro atoms. The van der Waals surface area contributed by atoms with Gasteiger partial charge < -0.3 is 14.4 Å². The second kappa shape index (κ2) is 11.3. The van der Waals surface area contributed by atoms with Crippen molar-refractivity contribution in [3.8, 4) is 0 Å². The lowest BCUT2D eigenvalue weighted by Gasteiger charge is -2.30. The zero-order valence-electron chi connectivity index (χ0n) is 18.6. The van der Waals surface area contributed by atoms with Crippen LogP contribution in [0.15, 0.2) is 23.1 Å². The SMILES string of the molecule is CCOC(=O)C1CCN(C(=O)COC(=O)c2cc(S(=O)(=O)N3CCCCC3)ccc2Cl)CC1. The van der Waals surface area contributed by atoms with Gasteiger partial charge in [-0.25, -0.2) is 13.2 Å². The van der Waals surface area contributed by atoms with Crippen LogP contribution in [0.4, 0.5) is 0 Å². The van der Waals surface area contributed by atoms with Crippen molar-refractivity contribution < 1.29 is 32.3 Å². The molecule has 0 N–H and O–H groups in total. The van der Waals surface area contributed by atoms with Gasteiger partial charge in [0.25, 0.3) is 5.91 Å². The number of amides is 1. The molecule has 182 valence electrons. The number of piperidine rings is 2. The number of ether oxygens (including phenoxy) is 2. The summed E-state index contributed by atoms with van der Waals surface area (Å²) < 4.78 is 37.4. The highest BCUT2D eigenvalue weighted by Gasteiger charge is 2.30. The molecule has 0 bridgehead atoms. The number of hydrogen-bond donors (Lipinski definition) is 0. The monoisotopic (exact) mass is 500 g/mol. The number of hydrogen-bond acceptors (Lipinski definition) is 7. The molecular formula is C22H29ClN2O7S. The van der Waals surface area contributed by atoms with E-state index in [4.69, 9.17) is 21.1 Å². The molecule has 0 aliphatic carbocycles. The van der Waals surface area contributed by atoms with Gasteiger partial charge in [0.1, 0.15) is 0 Å². The first-order valence-corrected chi connectivity index (χ1v) is 13.0. The van der Waals surface area contributed by atoms with Crippen molar-refractivity contribution in [1.82, 2.24) is 9.21 Å². The Balaban J connectivity index is 1.59. The topological polar surface area (TPSA) is 110 Å². The molecule has 33 heavy (non-hydrogen) atoms. The highest BCUT2D eigenvalue weighted by atomic mass is 35.5. The average Bonchev–Trinajstić information content (AvgIpc) is 2.83. The minimum atomic E-state index is -3.75. The highest BCUT2D eigenvalue weighted by molar-refractivity contribution is 7.89. The van der Waals surface area contributed by atoms with Crippen molar-refractivity contribution in [1.29, 1.82) is 0 Å². The van der Waals surface area contributed by atoms with Gasteiger partial charge >= 0.3 is 11.9 Å². The molecule has 2 saturated heterocycles. The summed E-state index contributed by atoms with van der Waals surface area (Å²) >= 11 is 6.11. The smallest absolute Gasteiger partial charge is 0.340 e. The lowest BCUT2D eigenvalue weighted by Crippen LogP contribution is -2.42. The van der Waals surface area contributed by atoms with Crippen LogP contribution in [-0.2, 0) is 29.1 Å². The third-order valence-electron chi connectivity index (χ3n) is 5.90. The Labute approximate surface area is 199 Å². The second-order valence-electron chi connectivity index (χ2n) is 8.09. The molecule has 1 aromatic rings. The number of sulfonamides is 1. The zero-order chi connectivity index (χ0) is 24.0. The Morgan fingerprint density at radius 2 is 1.70 bits per heavy atom. The van der Waals surface area contributed by atoms with E-state index >= 15 is 0 Å². The van der Waals surface area contributed by atoms with Crippen LogP contribution in [0.3, 0.4) is 0 Å². The minimum Gasteiger partial charge on any atom is -0.466 e. The molecule has 2 fully saturated rings. The fourth-order valence-corrected chi connectivity index (χ4v) is 5.74. The summed E-state index contributed by atoms with van der Waals surface area (Å²) in [5, 5.41) is 0.0419. The lowest BCUT2D eigenvalue weighted by atomic mass is 9.97. The molecule has 1 aromatic carbocycles. The van der Waals surface area contributed by atoms with Gasteiger partial charge in [0.05, 0.1) is 28.0 Å². The van der Waals surface area contributed by atoms with Gasteiger partial charge in [0.15, 0.2) is 6.61 Å². The van der Waals surface area contributed by atoms with E-state index in [1.807, 2.05) is 0 Å². The summed E-state index contributed by atoms with van der Waals surface area (Å²) in [5.41, 5.74) is -0.108. The number of halogens is 1. The van der Waals surface area contributed by atoms with E-state index in [2.05, 4.69) is 0 Å². The predicted molar refractivity (Wildman–Crippen MR) is 120 cm³/mol. The normalized spacial score (nSPS) is 18.1. The van der Waals surface area contributed by atoms with Crippen LogP contribution >= 0.6 is 11.6 Å². The summed E-state index contributed by atoms with van der Waals surface area (Å²) in [5.74, 6) is -1.76. The Kier molecular flexibility index (Phi) is 8.72. The van der Waals surface area contributed by atoms with Crippen LogP contribution in [0.2, 0.25) is 5.02 Å². The Morgan fingerprint density at radius 1 is 1.03 bits per heavy atom. The molecule has 2 aliphatic rings. The fourth-order valence-electron chi connectivity index (χ4n) is 4.00. The van der Waals surface area contributed by atoms with Crippen molar-refractivity contribution >= 4 is 39.5 Å². The van der Waals surface area contributed by atoms with Gasteiger partial charge in [-0.2, -0.15) is 4.31 Å². The summed E-state index contributed by atoms with van der Waals surface area (Å²) in [6, 6.07) is 3.91. The van der Waals surface area contributed by atoms with Crippen molar-refractivity contribution in [3.05, 3.63) is 28.8 Å². The number of carbonyl (C=O) groups is 3. The van der Waals surface area contributed by atoms with Crippen molar-refractivity contribution in [3.63, 3.8) is 0 Å². The molecule has 0 atom stereocenters. The summed E-state index contributed by atoms with van der Waals surface area (Å²) in [6.45, 7) is 3.17. The zero-order valence-corrected chi connectivity index (χ0v) is 20.2. The van der Waals surface area contributed by atoms with E-state index in [1.54, 1.807) is 6.92 Å². The van der Waals surface area contributed by atoms with Crippen LogP contribution < -0.4 is 0 Å². The largest absolute Gasteiger partial charge is 0.466 e. The maximum absolute atomic E-state index is 12.9. The van der Waals surface area contributed by atoms with Crippen LogP contribution in [0.1, 0.15) is 49.4 Å². The van der Waals surface area contributed by atoms with E-state index in [-0.39, 0.29) is 33.3 Å². The van der Waals surface area contributed by atoms with Crippen LogP contribution in [0.5, 0.6) is 0 Å². The first-order valence-electron chi connectivity index (χ1n) is 11.1. The molecule has 2 heterocycles. The number of nitrogens with zero attached hydrogens (tertiary/aromatic N) is 2. The molecular weight excluding hydrogens is 472 g/mol. The van der Waals surface area contributed by atoms with Crippen molar-refractivity contribution in [2.75, 3.05) is 39.4 Å².